The first kappa shape index (κ1) is 9.02. The van der Waals surface area contributed by atoms with Crippen molar-refractivity contribution in [1.82, 2.24) is 0 Å². The number of ether oxygens (including phenoxy) is 1. The minimum absolute atomic E-state index is 0.359. The fourth-order valence-corrected chi connectivity index (χ4v) is 1.32. The summed E-state index contributed by atoms with van der Waals surface area (Å²) in [6.45, 7) is 1.45. The Hall–Kier alpha value is -1.55. The van der Waals surface area contributed by atoms with Crippen molar-refractivity contribution in [1.29, 1.82) is 0 Å². The lowest BCUT2D eigenvalue weighted by atomic mass is 10.1. The predicted molar refractivity (Wildman–Crippen MR) is 53.2 cm³/mol. The molecular formula is C10H12N2O2. The Balaban J connectivity index is 2.09. The van der Waals surface area contributed by atoms with Crippen molar-refractivity contribution in [2.24, 2.45) is 5.73 Å². The first-order valence-electron chi connectivity index (χ1n) is 4.50. The number of carbonyl (C=O) groups is 1. The summed E-state index contributed by atoms with van der Waals surface area (Å²) in [5, 5.41) is 3.24. The predicted octanol–water partition coefficient (Wildman–Crippen LogP) is 0.596. The van der Waals surface area contributed by atoms with E-state index in [1.165, 1.54) is 0 Å². The summed E-state index contributed by atoms with van der Waals surface area (Å²) < 4.78 is 5.03. The van der Waals surface area contributed by atoms with E-state index in [1.54, 1.807) is 12.1 Å². The average Bonchev–Trinajstić information content (AvgIpc) is 2.12. The maximum Gasteiger partial charge on any atom is 0.248 e. The van der Waals surface area contributed by atoms with Crippen LogP contribution in [0.4, 0.5) is 5.69 Å². The molecule has 0 unspecified atom stereocenters. The van der Waals surface area contributed by atoms with Crippen LogP contribution in [0.3, 0.4) is 0 Å². The Morgan fingerprint density at radius 1 is 1.50 bits per heavy atom. The fourth-order valence-electron chi connectivity index (χ4n) is 1.32. The van der Waals surface area contributed by atoms with Gasteiger partial charge >= 0.3 is 0 Å². The van der Waals surface area contributed by atoms with Gasteiger partial charge in [-0.05, 0) is 18.2 Å². The number of amides is 1. The summed E-state index contributed by atoms with van der Waals surface area (Å²) >= 11 is 0. The van der Waals surface area contributed by atoms with Gasteiger partial charge in [0.2, 0.25) is 5.91 Å². The third-order valence-corrected chi connectivity index (χ3v) is 2.16. The molecule has 1 aliphatic rings. The Morgan fingerprint density at radius 2 is 2.29 bits per heavy atom. The highest BCUT2D eigenvalue weighted by Crippen LogP contribution is 2.14. The Labute approximate surface area is 82.1 Å². The van der Waals surface area contributed by atoms with Crippen molar-refractivity contribution < 1.29 is 9.53 Å². The van der Waals surface area contributed by atoms with Gasteiger partial charge in [-0.15, -0.1) is 0 Å². The van der Waals surface area contributed by atoms with Crippen LogP contribution >= 0.6 is 0 Å². The van der Waals surface area contributed by atoms with Gasteiger partial charge in [-0.3, -0.25) is 4.79 Å². The molecule has 1 aliphatic heterocycles. The van der Waals surface area contributed by atoms with Gasteiger partial charge in [0.15, 0.2) is 0 Å². The second-order valence-electron chi connectivity index (χ2n) is 3.32. The van der Waals surface area contributed by atoms with Crippen LogP contribution in [-0.4, -0.2) is 25.2 Å². The number of hydrogen-bond acceptors (Lipinski definition) is 3. The lowest BCUT2D eigenvalue weighted by Crippen LogP contribution is -2.40. The van der Waals surface area contributed by atoms with Gasteiger partial charge in [0.05, 0.1) is 19.3 Å². The highest BCUT2D eigenvalue weighted by Gasteiger charge is 2.17. The lowest BCUT2D eigenvalue weighted by molar-refractivity contribution is 0.0211. The minimum atomic E-state index is -0.404. The van der Waals surface area contributed by atoms with Crippen LogP contribution < -0.4 is 11.1 Å². The van der Waals surface area contributed by atoms with Crippen LogP contribution in [0.5, 0.6) is 0 Å². The zero-order chi connectivity index (χ0) is 9.97. The largest absolute Gasteiger partial charge is 0.378 e. The van der Waals surface area contributed by atoms with Gasteiger partial charge in [-0.25, -0.2) is 0 Å². The highest BCUT2D eigenvalue weighted by atomic mass is 16.5. The van der Waals surface area contributed by atoms with Crippen LogP contribution in [0.15, 0.2) is 24.3 Å². The SMILES string of the molecule is NC(=O)c1cccc(NC2COC2)c1. The van der Waals surface area contributed by atoms with E-state index in [0.717, 1.165) is 18.9 Å². The summed E-state index contributed by atoms with van der Waals surface area (Å²) in [5.41, 5.74) is 6.60. The van der Waals surface area contributed by atoms with Gasteiger partial charge in [-0.1, -0.05) is 6.07 Å². The summed E-state index contributed by atoms with van der Waals surface area (Å²) in [6, 6.07) is 7.52. The lowest BCUT2D eigenvalue weighted by Gasteiger charge is -2.27. The van der Waals surface area contributed by atoms with Crippen LogP contribution in [0.1, 0.15) is 10.4 Å². The summed E-state index contributed by atoms with van der Waals surface area (Å²) in [6.07, 6.45) is 0. The molecule has 3 N–H and O–H groups in total. The van der Waals surface area contributed by atoms with Crippen molar-refractivity contribution >= 4 is 11.6 Å². The third-order valence-electron chi connectivity index (χ3n) is 2.16. The molecule has 74 valence electrons. The monoisotopic (exact) mass is 192 g/mol. The molecule has 0 atom stereocenters. The van der Waals surface area contributed by atoms with E-state index in [-0.39, 0.29) is 0 Å². The maximum atomic E-state index is 10.9. The summed E-state index contributed by atoms with van der Waals surface area (Å²) in [4.78, 5) is 10.9. The second-order valence-corrected chi connectivity index (χ2v) is 3.32. The first-order valence-corrected chi connectivity index (χ1v) is 4.50. The number of nitrogens with one attached hydrogen (secondary N) is 1. The first-order chi connectivity index (χ1) is 6.75. The number of benzene rings is 1. The smallest absolute Gasteiger partial charge is 0.248 e. The summed E-state index contributed by atoms with van der Waals surface area (Å²) in [5.74, 6) is -0.404. The van der Waals surface area contributed by atoms with Crippen molar-refractivity contribution in [3.63, 3.8) is 0 Å². The molecule has 0 spiro atoms. The normalized spacial score (nSPS) is 16.0. The molecule has 4 heteroatoms. The van der Waals surface area contributed by atoms with E-state index in [4.69, 9.17) is 10.5 Å². The van der Waals surface area contributed by atoms with Gasteiger partial charge in [0.1, 0.15) is 0 Å². The molecule has 1 aromatic carbocycles. The molecule has 1 fully saturated rings. The van der Waals surface area contributed by atoms with E-state index in [9.17, 15) is 4.79 Å². The number of anilines is 1. The Kier molecular flexibility index (Phi) is 2.37. The molecule has 14 heavy (non-hydrogen) atoms. The molecule has 1 heterocycles. The quantitative estimate of drug-likeness (QED) is 0.737. The number of carbonyl (C=O) groups excluding carboxylic acids is 1. The topological polar surface area (TPSA) is 64.4 Å². The highest BCUT2D eigenvalue weighted by molar-refractivity contribution is 5.93. The van der Waals surface area contributed by atoms with Crippen LogP contribution in [-0.2, 0) is 4.74 Å². The number of primary amides is 1. The average molecular weight is 192 g/mol. The minimum Gasteiger partial charge on any atom is -0.378 e. The molecule has 0 saturated carbocycles. The molecule has 2 rings (SSSR count). The van der Waals surface area contributed by atoms with Crippen LogP contribution in [0, 0.1) is 0 Å². The van der Waals surface area contributed by atoms with Gasteiger partial charge < -0.3 is 15.8 Å². The second kappa shape index (κ2) is 3.67. The van der Waals surface area contributed by atoms with Crippen LogP contribution in [0.25, 0.3) is 0 Å². The van der Waals surface area contributed by atoms with E-state index < -0.39 is 5.91 Å². The molecule has 4 nitrogen and oxygen atoms in total. The summed E-state index contributed by atoms with van der Waals surface area (Å²) in [7, 11) is 0. The van der Waals surface area contributed by atoms with Crippen LogP contribution in [0.2, 0.25) is 0 Å². The molecule has 0 bridgehead atoms. The molecule has 0 radical (unpaired) electrons. The van der Waals surface area contributed by atoms with Crippen molar-refractivity contribution in [3.05, 3.63) is 29.8 Å². The van der Waals surface area contributed by atoms with Crippen molar-refractivity contribution in [3.8, 4) is 0 Å². The van der Waals surface area contributed by atoms with Crippen molar-refractivity contribution in [2.45, 2.75) is 6.04 Å². The fraction of sp³-hybridized carbons (Fsp3) is 0.300. The molecule has 0 aromatic heterocycles. The Bertz CT molecular complexity index is 348. The van der Waals surface area contributed by atoms with Crippen molar-refractivity contribution in [2.75, 3.05) is 18.5 Å². The zero-order valence-corrected chi connectivity index (χ0v) is 7.69. The number of nitrogens with two attached hydrogens (primary N) is 1. The third kappa shape index (κ3) is 1.85. The van der Waals surface area contributed by atoms with E-state index >= 15 is 0 Å². The number of hydrogen-bond donors (Lipinski definition) is 2. The molecule has 1 amide bonds. The standard InChI is InChI=1S/C10H12N2O2/c11-10(13)7-2-1-3-8(4-7)12-9-5-14-6-9/h1-4,9,12H,5-6H2,(H2,11,13). The number of rotatable bonds is 3. The molecule has 1 aromatic rings. The van der Waals surface area contributed by atoms with E-state index in [0.29, 0.717) is 11.6 Å². The van der Waals surface area contributed by atoms with Gasteiger partial charge in [-0.2, -0.15) is 0 Å². The van der Waals surface area contributed by atoms with E-state index in [2.05, 4.69) is 5.32 Å². The zero-order valence-electron chi connectivity index (χ0n) is 7.69. The Morgan fingerprint density at radius 3 is 2.86 bits per heavy atom. The molecule has 0 aliphatic carbocycles. The molecule has 1 saturated heterocycles. The maximum absolute atomic E-state index is 10.9. The van der Waals surface area contributed by atoms with E-state index in [1.807, 2.05) is 12.1 Å². The molecular weight excluding hydrogens is 180 g/mol. The van der Waals surface area contributed by atoms with Gasteiger partial charge in [0.25, 0.3) is 0 Å². The van der Waals surface area contributed by atoms with Gasteiger partial charge in [0, 0.05) is 11.3 Å².